The average Bonchev–Trinajstić information content (AvgIpc) is 3.26. The number of hydrogen-bond donors (Lipinski definition) is 1. The Morgan fingerprint density at radius 3 is 2.60 bits per heavy atom. The number of alkyl halides is 3. The van der Waals surface area contributed by atoms with Crippen molar-refractivity contribution in [2.75, 3.05) is 7.05 Å². The van der Waals surface area contributed by atoms with Crippen LogP contribution in [0.2, 0.25) is 5.02 Å². The van der Waals surface area contributed by atoms with Crippen LogP contribution in [0.1, 0.15) is 29.3 Å². The normalized spacial score (nSPS) is 16.6. The first-order chi connectivity index (χ1) is 14.1. The number of nitrogens with zero attached hydrogens (tertiary/aromatic N) is 2. The van der Waals surface area contributed by atoms with E-state index in [0.29, 0.717) is 17.7 Å². The summed E-state index contributed by atoms with van der Waals surface area (Å²) < 4.78 is 66.7. The molecule has 2 heterocycles. The number of fused-ring (bicyclic) bond motifs is 1. The van der Waals surface area contributed by atoms with Gasteiger partial charge < -0.3 is 5.32 Å². The molecule has 10 heteroatoms. The molecule has 4 rings (SSSR count). The first kappa shape index (κ1) is 20.9. The minimum absolute atomic E-state index is 0.00852. The summed E-state index contributed by atoms with van der Waals surface area (Å²) in [7, 11) is -2.25. The van der Waals surface area contributed by atoms with Gasteiger partial charge in [-0.25, -0.2) is 12.4 Å². The predicted octanol–water partition coefficient (Wildman–Crippen LogP) is 4.67. The lowest BCUT2D eigenvalue weighted by molar-refractivity contribution is -0.141. The maximum absolute atomic E-state index is 13.4. The van der Waals surface area contributed by atoms with Crippen molar-refractivity contribution >= 4 is 21.6 Å². The summed E-state index contributed by atoms with van der Waals surface area (Å²) in [6.07, 6.45) is -0.621. The fourth-order valence-corrected chi connectivity index (χ4v) is 5.50. The van der Waals surface area contributed by atoms with Gasteiger partial charge in [0.05, 0.1) is 10.6 Å². The second-order valence-electron chi connectivity index (χ2n) is 6.98. The van der Waals surface area contributed by atoms with E-state index >= 15 is 0 Å². The van der Waals surface area contributed by atoms with Gasteiger partial charge in [-0.2, -0.15) is 13.2 Å². The Bertz CT molecular complexity index is 1210. The fraction of sp³-hybridized carbons (Fsp3) is 0.250. The van der Waals surface area contributed by atoms with Crippen LogP contribution in [0.3, 0.4) is 0 Å². The number of halogens is 4. The highest BCUT2D eigenvalue weighted by Gasteiger charge is 2.34. The van der Waals surface area contributed by atoms with E-state index in [1.807, 2.05) is 0 Å². The highest BCUT2D eigenvalue weighted by molar-refractivity contribution is 7.90. The molecule has 1 unspecified atom stereocenters. The second-order valence-corrected chi connectivity index (χ2v) is 9.23. The van der Waals surface area contributed by atoms with Gasteiger partial charge in [0.1, 0.15) is 5.69 Å². The molecule has 1 aliphatic carbocycles. The van der Waals surface area contributed by atoms with Gasteiger partial charge in [0, 0.05) is 29.0 Å². The van der Waals surface area contributed by atoms with Gasteiger partial charge in [0.15, 0.2) is 0 Å². The van der Waals surface area contributed by atoms with Crippen LogP contribution in [0, 0.1) is 0 Å². The van der Waals surface area contributed by atoms with Crippen LogP contribution in [0.5, 0.6) is 0 Å². The second kappa shape index (κ2) is 7.40. The summed E-state index contributed by atoms with van der Waals surface area (Å²) >= 11 is 5.98. The summed E-state index contributed by atoms with van der Waals surface area (Å²) in [6, 6.07) is 7.92. The quantitative estimate of drug-likeness (QED) is 0.621. The first-order valence-electron chi connectivity index (χ1n) is 9.09. The number of hydrogen-bond acceptors (Lipinski definition) is 4. The summed E-state index contributed by atoms with van der Waals surface area (Å²) in [5.74, 6) is 0. The van der Waals surface area contributed by atoms with E-state index < -0.39 is 21.9 Å². The zero-order chi connectivity index (χ0) is 21.7. The molecule has 158 valence electrons. The van der Waals surface area contributed by atoms with Crippen molar-refractivity contribution < 1.29 is 21.6 Å². The molecular formula is C20H17ClF3N3O2S. The molecule has 0 fully saturated rings. The van der Waals surface area contributed by atoms with E-state index in [1.165, 1.54) is 30.5 Å². The molecule has 1 atom stereocenters. The number of nitrogens with one attached hydrogen (secondary N) is 1. The number of benzene rings is 1. The lowest BCUT2D eigenvalue weighted by atomic mass is 10.1. The van der Waals surface area contributed by atoms with Gasteiger partial charge in [-0.05, 0) is 61.3 Å². The van der Waals surface area contributed by atoms with Crippen LogP contribution >= 0.6 is 11.6 Å². The van der Waals surface area contributed by atoms with E-state index in [4.69, 9.17) is 11.6 Å². The van der Waals surface area contributed by atoms with Crippen molar-refractivity contribution in [2.24, 2.45) is 0 Å². The van der Waals surface area contributed by atoms with Crippen LogP contribution in [0.15, 0.2) is 53.7 Å². The SMILES string of the molecule is CNC1CCc2c1cn(S(=O)(=O)c1cccc(Cl)c1)c2-c1ccc(C(F)(F)F)nc1. The van der Waals surface area contributed by atoms with E-state index in [1.54, 1.807) is 13.1 Å². The van der Waals surface area contributed by atoms with Crippen LogP contribution < -0.4 is 5.32 Å². The highest BCUT2D eigenvalue weighted by atomic mass is 35.5. The third-order valence-corrected chi connectivity index (χ3v) is 7.09. The Hall–Kier alpha value is -2.36. The van der Waals surface area contributed by atoms with Crippen LogP contribution in [0.25, 0.3) is 11.3 Å². The third-order valence-electron chi connectivity index (χ3n) is 5.20. The summed E-state index contributed by atoms with van der Waals surface area (Å²) in [4.78, 5) is 3.50. The molecule has 5 nitrogen and oxygen atoms in total. The van der Waals surface area contributed by atoms with Gasteiger partial charge in [0.2, 0.25) is 0 Å². The van der Waals surface area contributed by atoms with E-state index in [2.05, 4.69) is 10.3 Å². The Balaban J connectivity index is 1.92. The Morgan fingerprint density at radius 1 is 1.23 bits per heavy atom. The zero-order valence-corrected chi connectivity index (χ0v) is 17.3. The molecule has 2 aromatic heterocycles. The van der Waals surface area contributed by atoms with Crippen molar-refractivity contribution in [3.63, 3.8) is 0 Å². The van der Waals surface area contributed by atoms with Gasteiger partial charge in [-0.1, -0.05) is 17.7 Å². The van der Waals surface area contributed by atoms with E-state index in [-0.39, 0.29) is 16.0 Å². The predicted molar refractivity (Wildman–Crippen MR) is 107 cm³/mol. The largest absolute Gasteiger partial charge is 0.433 e. The molecule has 0 saturated heterocycles. The Kier molecular flexibility index (Phi) is 5.16. The maximum Gasteiger partial charge on any atom is 0.433 e. The number of pyridine rings is 1. The minimum atomic E-state index is -4.58. The zero-order valence-electron chi connectivity index (χ0n) is 15.7. The summed E-state index contributed by atoms with van der Waals surface area (Å²) in [6.45, 7) is 0. The van der Waals surface area contributed by atoms with Gasteiger partial charge in [-0.3, -0.25) is 4.98 Å². The van der Waals surface area contributed by atoms with E-state index in [9.17, 15) is 21.6 Å². The summed E-state index contributed by atoms with van der Waals surface area (Å²) in [5, 5.41) is 3.41. The molecule has 1 aromatic carbocycles. The lowest BCUT2D eigenvalue weighted by Gasteiger charge is -2.14. The molecule has 0 saturated carbocycles. The fourth-order valence-electron chi connectivity index (χ4n) is 3.78. The maximum atomic E-state index is 13.4. The van der Waals surface area contributed by atoms with Crippen molar-refractivity contribution in [3.8, 4) is 11.3 Å². The molecule has 0 spiro atoms. The minimum Gasteiger partial charge on any atom is -0.313 e. The Labute approximate surface area is 176 Å². The number of aromatic nitrogens is 2. The first-order valence-corrected chi connectivity index (χ1v) is 10.9. The molecule has 1 N–H and O–H groups in total. The Morgan fingerprint density at radius 2 is 2.00 bits per heavy atom. The molecule has 3 aromatic rings. The van der Waals surface area contributed by atoms with E-state index in [0.717, 1.165) is 33.8 Å². The molecule has 1 aliphatic rings. The molecule has 0 aliphatic heterocycles. The van der Waals surface area contributed by atoms with Crippen LogP contribution in [-0.4, -0.2) is 24.4 Å². The van der Waals surface area contributed by atoms with Crippen molar-refractivity contribution in [3.05, 3.63) is 70.6 Å². The average molecular weight is 456 g/mol. The third kappa shape index (κ3) is 3.51. The topological polar surface area (TPSA) is 64.0 Å². The van der Waals surface area contributed by atoms with Crippen molar-refractivity contribution in [1.29, 1.82) is 0 Å². The van der Waals surface area contributed by atoms with Crippen molar-refractivity contribution in [1.82, 2.24) is 14.3 Å². The van der Waals surface area contributed by atoms with Gasteiger partial charge in [0.25, 0.3) is 10.0 Å². The molecular weight excluding hydrogens is 439 g/mol. The van der Waals surface area contributed by atoms with Crippen LogP contribution in [0.4, 0.5) is 13.2 Å². The van der Waals surface area contributed by atoms with Crippen molar-refractivity contribution in [2.45, 2.75) is 30.0 Å². The molecule has 30 heavy (non-hydrogen) atoms. The molecule has 0 radical (unpaired) electrons. The van der Waals surface area contributed by atoms with Gasteiger partial charge in [-0.15, -0.1) is 0 Å². The standard InChI is InChI=1S/C20H17ClF3N3O2S/c1-25-17-7-6-15-16(17)11-27(30(28,29)14-4-2-3-13(21)9-14)19(15)12-5-8-18(26-10-12)20(22,23)24/h2-5,8-11,17,25H,6-7H2,1H3. The highest BCUT2D eigenvalue weighted by Crippen LogP contribution is 2.41. The number of rotatable bonds is 4. The molecule has 0 amide bonds. The molecule has 0 bridgehead atoms. The summed E-state index contributed by atoms with van der Waals surface area (Å²) in [5.41, 5.74) is 1.17. The monoisotopic (exact) mass is 455 g/mol. The smallest absolute Gasteiger partial charge is 0.313 e. The lowest BCUT2D eigenvalue weighted by Crippen LogP contribution is -2.16. The van der Waals surface area contributed by atoms with Crippen LogP contribution in [-0.2, 0) is 22.6 Å². The van der Waals surface area contributed by atoms with Gasteiger partial charge >= 0.3 is 6.18 Å².